The van der Waals surface area contributed by atoms with Gasteiger partial charge in [-0.2, -0.15) is 0 Å². The summed E-state index contributed by atoms with van der Waals surface area (Å²) in [5.74, 6) is 0. The number of aliphatic hydroxyl groups is 1. The minimum atomic E-state index is -0.353. The number of benzene rings is 1. The summed E-state index contributed by atoms with van der Waals surface area (Å²) in [6.45, 7) is 4.62. The second kappa shape index (κ2) is 7.95. The van der Waals surface area contributed by atoms with E-state index in [-0.39, 0.29) is 6.10 Å². The third kappa shape index (κ3) is 4.56. The van der Waals surface area contributed by atoms with Crippen LogP contribution in [0.1, 0.15) is 17.7 Å². The summed E-state index contributed by atoms with van der Waals surface area (Å²) in [6, 6.07) is 8.57. The van der Waals surface area contributed by atoms with Crippen molar-refractivity contribution in [3.63, 3.8) is 0 Å². The quantitative estimate of drug-likeness (QED) is 0.811. The van der Waals surface area contributed by atoms with Gasteiger partial charge in [0.25, 0.3) is 0 Å². The Balaban J connectivity index is 2.28. The first kappa shape index (κ1) is 18.0. The molecule has 128 valence electrons. The molecule has 1 heterocycles. The fraction of sp³-hybridized carbons (Fsp3) is 0.579. The standard InChI is InChI=1S/C19H31N3O/c1-15-17(10-8-12-20(2)3)18-9-6-7-11-19(18)22(15)14-16(23)13-21(4)5/h6-7,9,11,16,23H,8,10,12-14H2,1-5H3. The molecular formula is C19H31N3O. The maximum Gasteiger partial charge on any atom is 0.0845 e. The lowest BCUT2D eigenvalue weighted by atomic mass is 10.1. The van der Waals surface area contributed by atoms with Crippen molar-refractivity contribution in [2.75, 3.05) is 41.3 Å². The summed E-state index contributed by atoms with van der Waals surface area (Å²) in [7, 11) is 8.23. The molecule has 0 fully saturated rings. The third-order valence-corrected chi connectivity index (χ3v) is 4.36. The zero-order chi connectivity index (χ0) is 17.0. The van der Waals surface area contributed by atoms with E-state index < -0.39 is 0 Å². The Bertz CT molecular complexity index is 631. The van der Waals surface area contributed by atoms with Crippen molar-refractivity contribution >= 4 is 10.9 Å². The van der Waals surface area contributed by atoms with Crippen molar-refractivity contribution in [1.29, 1.82) is 0 Å². The predicted octanol–water partition coefficient (Wildman–Crippen LogP) is 2.37. The van der Waals surface area contributed by atoms with Crippen LogP contribution in [0.4, 0.5) is 0 Å². The fourth-order valence-electron chi connectivity index (χ4n) is 3.32. The summed E-state index contributed by atoms with van der Waals surface area (Å²) < 4.78 is 2.29. The van der Waals surface area contributed by atoms with Crippen LogP contribution in [-0.4, -0.2) is 66.9 Å². The number of para-hydroxylation sites is 1. The average molecular weight is 317 g/mol. The minimum absolute atomic E-state index is 0.353. The van der Waals surface area contributed by atoms with Gasteiger partial charge in [0, 0.05) is 23.1 Å². The van der Waals surface area contributed by atoms with Crippen LogP contribution in [0.2, 0.25) is 0 Å². The van der Waals surface area contributed by atoms with E-state index >= 15 is 0 Å². The van der Waals surface area contributed by atoms with Crippen molar-refractivity contribution in [2.24, 2.45) is 0 Å². The number of hydrogen-bond acceptors (Lipinski definition) is 3. The molecule has 2 rings (SSSR count). The Morgan fingerprint density at radius 2 is 1.78 bits per heavy atom. The molecule has 0 saturated heterocycles. The van der Waals surface area contributed by atoms with E-state index in [9.17, 15) is 5.11 Å². The third-order valence-electron chi connectivity index (χ3n) is 4.36. The van der Waals surface area contributed by atoms with Gasteiger partial charge in [0.1, 0.15) is 0 Å². The van der Waals surface area contributed by atoms with Gasteiger partial charge in [-0.05, 0) is 66.1 Å². The van der Waals surface area contributed by atoms with Crippen molar-refractivity contribution in [2.45, 2.75) is 32.4 Å². The van der Waals surface area contributed by atoms with Gasteiger partial charge in [0.2, 0.25) is 0 Å². The molecule has 0 radical (unpaired) electrons. The molecule has 0 aliphatic carbocycles. The van der Waals surface area contributed by atoms with Crippen molar-refractivity contribution in [3.05, 3.63) is 35.5 Å². The first-order valence-corrected chi connectivity index (χ1v) is 8.44. The molecule has 1 N–H and O–H groups in total. The normalized spacial score (nSPS) is 13.4. The highest BCUT2D eigenvalue weighted by Gasteiger charge is 2.16. The van der Waals surface area contributed by atoms with Crippen LogP contribution in [0.5, 0.6) is 0 Å². The molecule has 1 atom stereocenters. The van der Waals surface area contributed by atoms with E-state index in [1.807, 2.05) is 19.0 Å². The maximum atomic E-state index is 10.3. The molecule has 2 aromatic rings. The van der Waals surface area contributed by atoms with Gasteiger partial charge in [-0.3, -0.25) is 0 Å². The second-order valence-electron chi connectivity index (χ2n) is 7.01. The molecule has 0 aliphatic rings. The average Bonchev–Trinajstić information content (AvgIpc) is 2.72. The topological polar surface area (TPSA) is 31.6 Å². The van der Waals surface area contributed by atoms with Crippen LogP contribution >= 0.6 is 0 Å². The molecule has 1 unspecified atom stereocenters. The second-order valence-corrected chi connectivity index (χ2v) is 7.01. The summed E-state index contributed by atoms with van der Waals surface area (Å²) >= 11 is 0. The molecule has 1 aromatic carbocycles. The van der Waals surface area contributed by atoms with E-state index in [4.69, 9.17) is 0 Å². The SMILES string of the molecule is Cc1c(CCCN(C)C)c2ccccc2n1CC(O)CN(C)C. The molecule has 1 aromatic heterocycles. The summed E-state index contributed by atoms with van der Waals surface area (Å²) in [4.78, 5) is 4.26. The lowest BCUT2D eigenvalue weighted by molar-refractivity contribution is 0.120. The van der Waals surface area contributed by atoms with Crippen LogP contribution < -0.4 is 0 Å². The molecular weight excluding hydrogens is 286 g/mol. The Kier molecular flexibility index (Phi) is 6.22. The fourth-order valence-corrected chi connectivity index (χ4v) is 3.32. The zero-order valence-corrected chi connectivity index (χ0v) is 15.2. The van der Waals surface area contributed by atoms with Gasteiger partial charge in [0.15, 0.2) is 0 Å². The Morgan fingerprint density at radius 3 is 2.43 bits per heavy atom. The highest BCUT2D eigenvalue weighted by Crippen LogP contribution is 2.27. The number of aliphatic hydroxyl groups excluding tert-OH is 1. The van der Waals surface area contributed by atoms with E-state index in [1.165, 1.54) is 22.2 Å². The molecule has 0 saturated carbocycles. The van der Waals surface area contributed by atoms with Crippen LogP contribution in [0, 0.1) is 6.92 Å². The summed E-state index contributed by atoms with van der Waals surface area (Å²) in [5, 5.41) is 11.7. The Hall–Kier alpha value is -1.36. The number of rotatable bonds is 8. The lowest BCUT2D eigenvalue weighted by Gasteiger charge is -2.18. The van der Waals surface area contributed by atoms with E-state index in [0.29, 0.717) is 13.1 Å². The molecule has 4 heteroatoms. The van der Waals surface area contributed by atoms with Gasteiger partial charge < -0.3 is 19.5 Å². The summed E-state index contributed by atoms with van der Waals surface area (Å²) in [6.07, 6.45) is 1.89. The van der Waals surface area contributed by atoms with Gasteiger partial charge >= 0.3 is 0 Å². The van der Waals surface area contributed by atoms with Crippen molar-refractivity contribution in [1.82, 2.24) is 14.4 Å². The number of hydrogen-bond donors (Lipinski definition) is 1. The smallest absolute Gasteiger partial charge is 0.0845 e. The van der Waals surface area contributed by atoms with Gasteiger partial charge in [0.05, 0.1) is 12.6 Å². The number of aromatic nitrogens is 1. The van der Waals surface area contributed by atoms with Gasteiger partial charge in [-0.15, -0.1) is 0 Å². The van der Waals surface area contributed by atoms with Crippen LogP contribution in [0.15, 0.2) is 24.3 Å². The molecule has 4 nitrogen and oxygen atoms in total. The monoisotopic (exact) mass is 317 g/mol. The number of fused-ring (bicyclic) bond motifs is 1. The summed E-state index contributed by atoms with van der Waals surface area (Å²) in [5.41, 5.74) is 3.96. The van der Waals surface area contributed by atoms with Crippen LogP contribution in [0.25, 0.3) is 10.9 Å². The van der Waals surface area contributed by atoms with Crippen molar-refractivity contribution in [3.8, 4) is 0 Å². The Morgan fingerprint density at radius 1 is 1.09 bits per heavy atom. The highest BCUT2D eigenvalue weighted by atomic mass is 16.3. The van der Waals surface area contributed by atoms with Gasteiger partial charge in [-0.1, -0.05) is 18.2 Å². The zero-order valence-electron chi connectivity index (χ0n) is 15.2. The minimum Gasteiger partial charge on any atom is -0.390 e. The first-order chi connectivity index (χ1) is 10.9. The highest BCUT2D eigenvalue weighted by molar-refractivity contribution is 5.85. The number of likely N-dealkylation sites (N-methyl/N-ethyl adjacent to an activating group) is 1. The molecule has 0 spiro atoms. The number of nitrogens with zero attached hydrogens (tertiary/aromatic N) is 3. The Labute approximate surface area is 140 Å². The molecule has 0 bridgehead atoms. The van der Waals surface area contributed by atoms with Crippen LogP contribution in [0.3, 0.4) is 0 Å². The van der Waals surface area contributed by atoms with E-state index in [1.54, 1.807) is 0 Å². The first-order valence-electron chi connectivity index (χ1n) is 8.44. The molecule has 0 aliphatic heterocycles. The largest absolute Gasteiger partial charge is 0.390 e. The maximum absolute atomic E-state index is 10.3. The van der Waals surface area contributed by atoms with Crippen LogP contribution in [-0.2, 0) is 13.0 Å². The molecule has 23 heavy (non-hydrogen) atoms. The number of aryl methyl sites for hydroxylation is 1. The lowest BCUT2D eigenvalue weighted by Crippen LogP contribution is -2.29. The van der Waals surface area contributed by atoms with E-state index in [2.05, 4.69) is 54.8 Å². The predicted molar refractivity (Wildman–Crippen MR) is 98.1 cm³/mol. The van der Waals surface area contributed by atoms with Crippen molar-refractivity contribution < 1.29 is 5.11 Å². The molecule has 0 amide bonds. The van der Waals surface area contributed by atoms with E-state index in [0.717, 1.165) is 19.4 Å². The van der Waals surface area contributed by atoms with Gasteiger partial charge in [-0.25, -0.2) is 0 Å².